The molecular weight excluding hydrogens is 248 g/mol. The first-order valence-electron chi connectivity index (χ1n) is 6.51. The van der Waals surface area contributed by atoms with E-state index in [1.54, 1.807) is 0 Å². The van der Waals surface area contributed by atoms with E-state index in [-0.39, 0.29) is 23.7 Å². The molecule has 0 radical (unpaired) electrons. The van der Waals surface area contributed by atoms with Crippen LogP contribution in [0.4, 0.5) is 0 Å². The van der Waals surface area contributed by atoms with Crippen LogP contribution in [0.2, 0.25) is 0 Å². The first-order valence-corrected chi connectivity index (χ1v) is 6.51. The summed E-state index contributed by atoms with van der Waals surface area (Å²) < 4.78 is 5.58. The van der Waals surface area contributed by atoms with E-state index in [0.29, 0.717) is 6.42 Å². The minimum Gasteiger partial charge on any atom is -0.388 e. The summed E-state index contributed by atoms with van der Waals surface area (Å²) in [6, 6.07) is 0. The van der Waals surface area contributed by atoms with Crippen molar-refractivity contribution in [1.29, 1.82) is 0 Å². The topological polar surface area (TPSA) is 83.8 Å². The molecule has 2 aliphatic carbocycles. The van der Waals surface area contributed by atoms with Crippen molar-refractivity contribution in [2.45, 2.75) is 51.1 Å². The molecule has 3 aliphatic rings. The van der Waals surface area contributed by atoms with E-state index in [1.165, 1.54) is 13.0 Å². The normalized spacial score (nSPS) is 46.4. The molecule has 1 spiro atoms. The van der Waals surface area contributed by atoms with Crippen LogP contribution >= 0.6 is 0 Å². The van der Waals surface area contributed by atoms with E-state index >= 15 is 0 Å². The lowest BCUT2D eigenvalue weighted by Crippen LogP contribution is -2.56. The summed E-state index contributed by atoms with van der Waals surface area (Å²) in [5.41, 5.74) is -1.42. The molecule has 4 atom stereocenters. The molecule has 0 amide bonds. The number of aliphatic hydroxyl groups excluding tert-OH is 1. The Morgan fingerprint density at radius 3 is 2.68 bits per heavy atom. The Morgan fingerprint density at radius 1 is 1.53 bits per heavy atom. The zero-order valence-corrected chi connectivity index (χ0v) is 11.3. The minimum absolute atomic E-state index is 0.0425. The van der Waals surface area contributed by atoms with Crippen LogP contribution in [0.5, 0.6) is 0 Å². The van der Waals surface area contributed by atoms with Crippen LogP contribution < -0.4 is 0 Å². The van der Waals surface area contributed by atoms with Crippen LogP contribution in [0.15, 0.2) is 11.6 Å². The molecule has 3 rings (SSSR count). The number of ketones is 2. The summed E-state index contributed by atoms with van der Waals surface area (Å²) in [6.07, 6.45) is 0.954. The molecule has 1 aliphatic heterocycles. The van der Waals surface area contributed by atoms with Crippen molar-refractivity contribution in [3.8, 4) is 0 Å². The third kappa shape index (κ3) is 1.35. The highest BCUT2D eigenvalue weighted by Gasteiger charge is 2.84. The Balaban J connectivity index is 2.05. The summed E-state index contributed by atoms with van der Waals surface area (Å²) in [5.74, 6) is -2.78. The standard InChI is InChI=1S/C14H18O5/c1-7(15)4-8-5-10(16)13-6-9(13)12(2,3)19-14(13,18)11(8)17/h5,9-10,16,18H,4,6H2,1-3H3. The number of hydrogen-bond acceptors (Lipinski definition) is 5. The first kappa shape index (κ1) is 13.0. The van der Waals surface area contributed by atoms with Gasteiger partial charge in [-0.1, -0.05) is 0 Å². The number of Topliss-reactive ketones (excluding diaryl/α,β-unsaturated/α-hetero) is 2. The molecule has 1 saturated carbocycles. The third-order valence-corrected chi connectivity index (χ3v) is 4.81. The molecular formula is C14H18O5. The molecule has 2 fully saturated rings. The summed E-state index contributed by atoms with van der Waals surface area (Å²) in [6.45, 7) is 5.00. The van der Waals surface area contributed by atoms with Crippen LogP contribution in [0.25, 0.3) is 0 Å². The van der Waals surface area contributed by atoms with Gasteiger partial charge in [-0.2, -0.15) is 0 Å². The molecule has 4 unspecified atom stereocenters. The van der Waals surface area contributed by atoms with Gasteiger partial charge in [-0.05, 0) is 33.3 Å². The maximum Gasteiger partial charge on any atom is 0.240 e. The summed E-state index contributed by atoms with van der Waals surface area (Å²) in [4.78, 5) is 23.6. The molecule has 5 heteroatoms. The van der Waals surface area contributed by atoms with Crippen molar-refractivity contribution in [2.24, 2.45) is 11.3 Å². The van der Waals surface area contributed by atoms with E-state index in [1.807, 2.05) is 13.8 Å². The lowest BCUT2D eigenvalue weighted by atomic mass is 9.75. The molecule has 0 bridgehead atoms. The van der Waals surface area contributed by atoms with E-state index in [4.69, 9.17) is 4.74 Å². The molecule has 0 aromatic carbocycles. The Kier molecular flexibility index (Phi) is 2.28. The van der Waals surface area contributed by atoms with Gasteiger partial charge in [0.15, 0.2) is 0 Å². The quantitative estimate of drug-likeness (QED) is 0.753. The highest BCUT2D eigenvalue weighted by molar-refractivity contribution is 6.06. The van der Waals surface area contributed by atoms with Crippen LogP contribution in [-0.4, -0.2) is 39.3 Å². The van der Waals surface area contributed by atoms with E-state index in [2.05, 4.69) is 0 Å². The Hall–Kier alpha value is -1.04. The van der Waals surface area contributed by atoms with Crippen LogP contribution in [0.1, 0.15) is 33.6 Å². The largest absolute Gasteiger partial charge is 0.388 e. The fourth-order valence-corrected chi connectivity index (χ4v) is 3.89. The number of carbonyl (C=O) groups is 2. The molecule has 0 aromatic rings. The maximum absolute atomic E-state index is 12.4. The van der Waals surface area contributed by atoms with Gasteiger partial charge in [0.1, 0.15) is 5.78 Å². The van der Waals surface area contributed by atoms with Gasteiger partial charge >= 0.3 is 0 Å². The molecule has 5 nitrogen and oxygen atoms in total. The number of rotatable bonds is 2. The van der Waals surface area contributed by atoms with Crippen LogP contribution in [0.3, 0.4) is 0 Å². The fourth-order valence-electron chi connectivity index (χ4n) is 3.89. The number of ether oxygens (including phenoxy) is 1. The predicted octanol–water partition coefficient (Wildman–Crippen LogP) is 0.339. The van der Waals surface area contributed by atoms with Crippen molar-refractivity contribution < 1.29 is 24.5 Å². The zero-order valence-electron chi connectivity index (χ0n) is 11.3. The average molecular weight is 266 g/mol. The highest BCUT2D eigenvalue weighted by atomic mass is 16.7. The Morgan fingerprint density at radius 2 is 2.16 bits per heavy atom. The second-order valence-corrected chi connectivity index (χ2v) is 6.49. The lowest BCUT2D eigenvalue weighted by Gasteiger charge is -2.38. The van der Waals surface area contributed by atoms with Gasteiger partial charge in [0.25, 0.3) is 0 Å². The Labute approximate surface area is 111 Å². The molecule has 2 N–H and O–H groups in total. The summed E-state index contributed by atoms with van der Waals surface area (Å²) in [5, 5.41) is 21.0. The average Bonchev–Trinajstić information content (AvgIpc) is 2.97. The van der Waals surface area contributed by atoms with E-state index in [0.717, 1.165) is 0 Å². The van der Waals surface area contributed by atoms with Gasteiger partial charge in [-0.3, -0.25) is 9.59 Å². The van der Waals surface area contributed by atoms with Crippen LogP contribution in [0, 0.1) is 11.3 Å². The third-order valence-electron chi connectivity index (χ3n) is 4.81. The second-order valence-electron chi connectivity index (χ2n) is 6.49. The molecule has 1 heterocycles. The predicted molar refractivity (Wildman–Crippen MR) is 65.0 cm³/mol. The van der Waals surface area contributed by atoms with Crippen molar-refractivity contribution in [3.63, 3.8) is 0 Å². The number of hydrogen-bond donors (Lipinski definition) is 2. The molecule has 1 saturated heterocycles. The maximum atomic E-state index is 12.4. The van der Waals surface area contributed by atoms with Crippen molar-refractivity contribution >= 4 is 11.6 Å². The number of carbonyl (C=O) groups excluding carboxylic acids is 2. The van der Waals surface area contributed by atoms with Crippen molar-refractivity contribution in [2.75, 3.05) is 0 Å². The van der Waals surface area contributed by atoms with Gasteiger partial charge < -0.3 is 14.9 Å². The van der Waals surface area contributed by atoms with Gasteiger partial charge in [0, 0.05) is 17.9 Å². The second kappa shape index (κ2) is 3.34. The molecule has 104 valence electrons. The minimum atomic E-state index is -1.99. The zero-order chi connectivity index (χ0) is 14.2. The number of aliphatic hydroxyl groups is 2. The van der Waals surface area contributed by atoms with Gasteiger partial charge in [-0.25, -0.2) is 0 Å². The summed E-state index contributed by atoms with van der Waals surface area (Å²) in [7, 11) is 0. The van der Waals surface area contributed by atoms with Crippen molar-refractivity contribution in [1.82, 2.24) is 0 Å². The van der Waals surface area contributed by atoms with Crippen LogP contribution in [-0.2, 0) is 14.3 Å². The highest BCUT2D eigenvalue weighted by Crippen LogP contribution is 2.74. The van der Waals surface area contributed by atoms with Gasteiger partial charge in [-0.15, -0.1) is 0 Å². The van der Waals surface area contributed by atoms with Gasteiger partial charge in [0.2, 0.25) is 11.6 Å². The SMILES string of the molecule is CC(=O)CC1=CC(O)C23CC2C(C)(C)OC3(O)C1=O. The monoisotopic (exact) mass is 266 g/mol. The van der Waals surface area contributed by atoms with E-state index in [9.17, 15) is 19.8 Å². The summed E-state index contributed by atoms with van der Waals surface area (Å²) >= 11 is 0. The molecule has 0 aromatic heterocycles. The van der Waals surface area contributed by atoms with E-state index < -0.39 is 28.7 Å². The molecule has 19 heavy (non-hydrogen) atoms. The van der Waals surface area contributed by atoms with Crippen molar-refractivity contribution in [3.05, 3.63) is 11.6 Å². The van der Waals surface area contributed by atoms with Gasteiger partial charge in [0.05, 0.1) is 17.1 Å². The fraction of sp³-hybridized carbons (Fsp3) is 0.714. The first-order chi connectivity index (χ1) is 8.65. The Bertz CT molecular complexity index is 520. The lowest BCUT2D eigenvalue weighted by molar-refractivity contribution is -0.250. The smallest absolute Gasteiger partial charge is 0.240 e.